The van der Waals surface area contributed by atoms with E-state index in [9.17, 15) is 0 Å². The van der Waals surface area contributed by atoms with Crippen LogP contribution in [0, 0.1) is 12.3 Å². The van der Waals surface area contributed by atoms with E-state index >= 15 is 0 Å². The van der Waals surface area contributed by atoms with Crippen LogP contribution >= 0.6 is 0 Å². The van der Waals surface area contributed by atoms with Crippen LogP contribution < -0.4 is 15.5 Å². The molecule has 1 aromatic carbocycles. The lowest BCUT2D eigenvalue weighted by molar-refractivity contribution is 0.528. The van der Waals surface area contributed by atoms with Crippen molar-refractivity contribution in [3.05, 3.63) is 42.7 Å². The van der Waals surface area contributed by atoms with Gasteiger partial charge in [0.25, 0.3) is 0 Å². The first kappa shape index (κ1) is 13.4. The van der Waals surface area contributed by atoms with Crippen LogP contribution in [0.1, 0.15) is 0 Å². The summed E-state index contributed by atoms with van der Waals surface area (Å²) < 4.78 is 0. The third-order valence-electron chi connectivity index (χ3n) is 3.43. The molecule has 1 saturated heterocycles. The average molecular weight is 279 g/mol. The molecular formula is C16H17N5. The quantitative estimate of drug-likeness (QED) is 0.836. The third kappa shape index (κ3) is 3.30. The largest absolute Gasteiger partial charge is 0.368 e. The van der Waals surface area contributed by atoms with E-state index in [-0.39, 0.29) is 6.04 Å². The highest BCUT2D eigenvalue weighted by molar-refractivity contribution is 5.59. The van der Waals surface area contributed by atoms with Gasteiger partial charge in [-0.15, -0.1) is 6.42 Å². The Morgan fingerprint density at radius 1 is 1.24 bits per heavy atom. The van der Waals surface area contributed by atoms with Crippen LogP contribution in [0.25, 0.3) is 0 Å². The minimum atomic E-state index is 0.120. The average Bonchev–Trinajstić information content (AvgIpc) is 2.56. The second kappa shape index (κ2) is 6.25. The molecule has 0 radical (unpaired) electrons. The van der Waals surface area contributed by atoms with Crippen molar-refractivity contribution in [1.29, 1.82) is 0 Å². The van der Waals surface area contributed by atoms with Crippen molar-refractivity contribution in [1.82, 2.24) is 15.3 Å². The molecule has 1 atom stereocenters. The molecule has 0 bridgehead atoms. The highest BCUT2D eigenvalue weighted by atomic mass is 15.2. The van der Waals surface area contributed by atoms with E-state index in [4.69, 9.17) is 6.42 Å². The highest BCUT2D eigenvalue weighted by Gasteiger charge is 2.17. The molecule has 106 valence electrons. The van der Waals surface area contributed by atoms with Crippen molar-refractivity contribution in [3.8, 4) is 12.3 Å². The van der Waals surface area contributed by atoms with Gasteiger partial charge in [0.2, 0.25) is 5.95 Å². The van der Waals surface area contributed by atoms with Gasteiger partial charge in [0.15, 0.2) is 0 Å². The number of rotatable bonds is 3. The Morgan fingerprint density at radius 2 is 2.00 bits per heavy atom. The van der Waals surface area contributed by atoms with Gasteiger partial charge >= 0.3 is 0 Å². The minimum Gasteiger partial charge on any atom is -0.368 e. The Morgan fingerprint density at radius 3 is 2.71 bits per heavy atom. The molecule has 3 rings (SSSR count). The number of aromatic nitrogens is 2. The first-order chi connectivity index (χ1) is 10.3. The molecule has 1 fully saturated rings. The fourth-order valence-corrected chi connectivity index (χ4v) is 2.34. The van der Waals surface area contributed by atoms with Crippen molar-refractivity contribution in [2.75, 3.05) is 29.9 Å². The molecule has 21 heavy (non-hydrogen) atoms. The first-order valence-corrected chi connectivity index (χ1v) is 6.94. The topological polar surface area (TPSA) is 53.1 Å². The second-order valence-electron chi connectivity index (χ2n) is 4.86. The Balaban J connectivity index is 1.68. The third-order valence-corrected chi connectivity index (χ3v) is 3.43. The normalized spacial score (nSPS) is 18.0. The van der Waals surface area contributed by atoms with Gasteiger partial charge in [-0.05, 0) is 30.3 Å². The van der Waals surface area contributed by atoms with Crippen LogP contribution in [0.2, 0.25) is 0 Å². The molecule has 0 aliphatic carbocycles. The highest BCUT2D eigenvalue weighted by Crippen LogP contribution is 2.20. The Bertz CT molecular complexity index is 617. The fraction of sp³-hybridized carbons (Fsp3) is 0.250. The molecule has 2 heterocycles. The molecule has 1 aliphatic heterocycles. The fourth-order valence-electron chi connectivity index (χ4n) is 2.34. The van der Waals surface area contributed by atoms with Crippen molar-refractivity contribution >= 4 is 17.3 Å². The van der Waals surface area contributed by atoms with Crippen LogP contribution in [0.5, 0.6) is 0 Å². The number of anilines is 3. The second-order valence-corrected chi connectivity index (χ2v) is 4.86. The molecule has 0 spiro atoms. The summed E-state index contributed by atoms with van der Waals surface area (Å²) in [6.07, 6.45) is 8.92. The summed E-state index contributed by atoms with van der Waals surface area (Å²) in [4.78, 5) is 10.6. The summed E-state index contributed by atoms with van der Waals surface area (Å²) in [6, 6.07) is 10.1. The predicted octanol–water partition coefficient (Wildman–Crippen LogP) is 1.63. The van der Waals surface area contributed by atoms with Crippen LogP contribution in [0.15, 0.2) is 42.7 Å². The van der Waals surface area contributed by atoms with Gasteiger partial charge in [0, 0.05) is 43.4 Å². The number of piperazine rings is 1. The zero-order valence-corrected chi connectivity index (χ0v) is 11.7. The summed E-state index contributed by atoms with van der Waals surface area (Å²) >= 11 is 0. The molecule has 0 saturated carbocycles. The monoisotopic (exact) mass is 279 g/mol. The molecule has 5 nitrogen and oxygen atoms in total. The molecule has 2 N–H and O–H groups in total. The van der Waals surface area contributed by atoms with Crippen molar-refractivity contribution in [2.24, 2.45) is 0 Å². The number of benzene rings is 1. The molecular weight excluding hydrogens is 262 g/mol. The van der Waals surface area contributed by atoms with Gasteiger partial charge in [0.05, 0.1) is 6.04 Å². The van der Waals surface area contributed by atoms with Gasteiger partial charge in [-0.2, -0.15) is 0 Å². The Labute approximate surface area is 124 Å². The zero-order chi connectivity index (χ0) is 14.5. The van der Waals surface area contributed by atoms with Crippen molar-refractivity contribution in [2.45, 2.75) is 6.04 Å². The Hall–Kier alpha value is -2.58. The maximum atomic E-state index is 5.49. The lowest BCUT2D eigenvalue weighted by atomic mass is 10.2. The van der Waals surface area contributed by atoms with Crippen LogP contribution in [0.4, 0.5) is 17.3 Å². The maximum absolute atomic E-state index is 5.49. The van der Waals surface area contributed by atoms with Crippen LogP contribution in [0.3, 0.4) is 0 Å². The van der Waals surface area contributed by atoms with Gasteiger partial charge in [-0.1, -0.05) is 5.92 Å². The molecule has 1 aromatic heterocycles. The molecule has 5 heteroatoms. The maximum Gasteiger partial charge on any atom is 0.227 e. The van der Waals surface area contributed by atoms with Crippen LogP contribution in [-0.4, -0.2) is 35.6 Å². The molecule has 1 aliphatic rings. The summed E-state index contributed by atoms with van der Waals surface area (Å²) in [5, 5.41) is 6.47. The van der Waals surface area contributed by atoms with Crippen molar-refractivity contribution in [3.63, 3.8) is 0 Å². The molecule has 1 unspecified atom stereocenters. The molecule has 2 aromatic rings. The summed E-state index contributed by atoms with van der Waals surface area (Å²) in [5.74, 6) is 3.36. The molecule has 0 amide bonds. The SMILES string of the molecule is C#CC1CN(c2ccc(Nc3ncccn3)cc2)CCN1. The van der Waals surface area contributed by atoms with Crippen LogP contribution in [-0.2, 0) is 0 Å². The van der Waals surface area contributed by atoms with E-state index in [1.807, 2.05) is 12.1 Å². The lowest BCUT2D eigenvalue weighted by Crippen LogP contribution is -2.50. The van der Waals surface area contributed by atoms with Crippen molar-refractivity contribution < 1.29 is 0 Å². The minimum absolute atomic E-state index is 0.120. The smallest absolute Gasteiger partial charge is 0.227 e. The lowest BCUT2D eigenvalue weighted by Gasteiger charge is -2.33. The number of nitrogens with zero attached hydrogens (tertiary/aromatic N) is 3. The van der Waals surface area contributed by atoms with E-state index in [0.29, 0.717) is 5.95 Å². The predicted molar refractivity (Wildman–Crippen MR) is 84.6 cm³/mol. The number of terminal acetylenes is 1. The van der Waals surface area contributed by atoms with E-state index in [2.05, 4.69) is 43.6 Å². The summed E-state index contributed by atoms with van der Waals surface area (Å²) in [5.41, 5.74) is 2.14. The van der Waals surface area contributed by atoms with Gasteiger partial charge in [0.1, 0.15) is 0 Å². The summed E-state index contributed by atoms with van der Waals surface area (Å²) in [6.45, 7) is 2.71. The number of nitrogens with one attached hydrogen (secondary N) is 2. The van der Waals surface area contributed by atoms with E-state index in [1.54, 1.807) is 18.5 Å². The summed E-state index contributed by atoms with van der Waals surface area (Å²) in [7, 11) is 0. The first-order valence-electron chi connectivity index (χ1n) is 6.94. The van der Waals surface area contributed by atoms with E-state index in [1.165, 1.54) is 5.69 Å². The van der Waals surface area contributed by atoms with E-state index < -0.39 is 0 Å². The standard InChI is InChI=1S/C16H17N5/c1-2-13-12-21(11-10-17-13)15-6-4-14(5-7-15)20-16-18-8-3-9-19-16/h1,3-9,13,17H,10-12H2,(H,18,19,20). The zero-order valence-electron chi connectivity index (χ0n) is 11.7. The van der Waals surface area contributed by atoms with Gasteiger partial charge in [-0.25, -0.2) is 9.97 Å². The van der Waals surface area contributed by atoms with Gasteiger partial charge in [-0.3, -0.25) is 0 Å². The Kier molecular flexibility index (Phi) is 3.99. The number of hydrogen-bond donors (Lipinski definition) is 2. The number of hydrogen-bond acceptors (Lipinski definition) is 5. The van der Waals surface area contributed by atoms with Gasteiger partial charge < -0.3 is 15.5 Å². The van der Waals surface area contributed by atoms with E-state index in [0.717, 1.165) is 25.3 Å².